The van der Waals surface area contributed by atoms with Gasteiger partial charge in [0.15, 0.2) is 0 Å². The van der Waals surface area contributed by atoms with Crippen LogP contribution in [-0.2, 0) is 10.0 Å². The van der Waals surface area contributed by atoms with Gasteiger partial charge in [0, 0.05) is 17.7 Å². The molecule has 0 radical (unpaired) electrons. The smallest absolute Gasteiger partial charge is 0.274 e. The minimum absolute atomic E-state index is 0.274. The first-order valence-electron chi connectivity index (χ1n) is 9.51. The van der Waals surface area contributed by atoms with Crippen LogP contribution in [0, 0.1) is 0 Å². The maximum atomic E-state index is 13.2. The van der Waals surface area contributed by atoms with Crippen LogP contribution in [0.4, 0.5) is 5.69 Å². The third-order valence-corrected chi connectivity index (χ3v) is 5.43. The lowest BCUT2D eigenvalue weighted by atomic mass is 10.0. The number of rotatable bonds is 6. The maximum Gasteiger partial charge on any atom is 0.274 e. The molecule has 1 aliphatic rings. The first kappa shape index (κ1) is 20.7. The molecule has 31 heavy (non-hydrogen) atoms. The van der Waals surface area contributed by atoms with E-state index >= 15 is 0 Å². The Bertz CT molecular complexity index is 1220. The summed E-state index contributed by atoms with van der Waals surface area (Å²) in [5.74, 6) is 0.996. The second kappa shape index (κ2) is 8.27. The van der Waals surface area contributed by atoms with E-state index in [1.807, 2.05) is 6.07 Å². The van der Waals surface area contributed by atoms with Crippen molar-refractivity contribution >= 4 is 27.3 Å². The molecule has 0 saturated heterocycles. The molecule has 2 aromatic carbocycles. The molecule has 0 bridgehead atoms. The Labute approximate surface area is 180 Å². The molecule has 0 aliphatic carbocycles. The van der Waals surface area contributed by atoms with E-state index in [0.29, 0.717) is 34.9 Å². The number of hydrogen-bond donors (Lipinski definition) is 1. The standard InChI is InChI=1S/C22H21N3O5S/c1-29-18-10-8-15(9-11-18)22(26)25-20(21-7-4-12-30-21)14-19(23-25)16-5-3-6-17(13-16)24-31(2,27)28/h3-13,20,24H,14H2,1-2H3/t20-/m0/s1. The minimum atomic E-state index is -3.41. The molecule has 1 N–H and O–H groups in total. The molecule has 1 amide bonds. The highest BCUT2D eigenvalue weighted by atomic mass is 32.2. The number of hydrazone groups is 1. The number of sulfonamides is 1. The van der Waals surface area contributed by atoms with Gasteiger partial charge in [-0.25, -0.2) is 13.4 Å². The van der Waals surface area contributed by atoms with E-state index in [0.717, 1.165) is 11.8 Å². The van der Waals surface area contributed by atoms with Gasteiger partial charge in [-0.2, -0.15) is 5.10 Å². The quantitative estimate of drug-likeness (QED) is 0.632. The number of hydrogen-bond acceptors (Lipinski definition) is 6. The second-order valence-corrected chi connectivity index (χ2v) is 8.86. The molecule has 2 heterocycles. The van der Waals surface area contributed by atoms with Gasteiger partial charge in [0.25, 0.3) is 5.91 Å². The molecule has 160 valence electrons. The zero-order valence-corrected chi connectivity index (χ0v) is 17.8. The van der Waals surface area contributed by atoms with Gasteiger partial charge in [0.05, 0.1) is 25.3 Å². The molecule has 1 aromatic heterocycles. The number of methoxy groups -OCH3 is 1. The lowest BCUT2D eigenvalue weighted by molar-refractivity contribution is 0.0693. The Hall–Kier alpha value is -3.59. The number of amides is 1. The predicted molar refractivity (Wildman–Crippen MR) is 117 cm³/mol. The zero-order valence-electron chi connectivity index (χ0n) is 17.0. The van der Waals surface area contributed by atoms with E-state index in [9.17, 15) is 13.2 Å². The van der Waals surface area contributed by atoms with Gasteiger partial charge < -0.3 is 9.15 Å². The number of furan rings is 1. The highest BCUT2D eigenvalue weighted by molar-refractivity contribution is 7.92. The molecule has 1 aliphatic heterocycles. The van der Waals surface area contributed by atoms with Crippen LogP contribution < -0.4 is 9.46 Å². The third kappa shape index (κ3) is 4.61. The lowest BCUT2D eigenvalue weighted by Crippen LogP contribution is -2.26. The number of carbonyl (C=O) groups excluding carboxylic acids is 1. The van der Waals surface area contributed by atoms with Gasteiger partial charge in [-0.1, -0.05) is 12.1 Å². The number of ether oxygens (including phenoxy) is 1. The summed E-state index contributed by atoms with van der Waals surface area (Å²) in [6, 6.07) is 16.9. The molecule has 0 spiro atoms. The fraction of sp³-hybridized carbons (Fsp3) is 0.182. The van der Waals surface area contributed by atoms with Crippen LogP contribution in [-0.4, -0.2) is 38.4 Å². The normalized spacial score (nSPS) is 16.1. The molecular weight excluding hydrogens is 418 g/mol. The van der Waals surface area contributed by atoms with Crippen molar-refractivity contribution in [2.24, 2.45) is 5.10 Å². The zero-order chi connectivity index (χ0) is 22.0. The Morgan fingerprint density at radius 3 is 2.58 bits per heavy atom. The summed E-state index contributed by atoms with van der Waals surface area (Å²) in [7, 11) is -1.85. The highest BCUT2D eigenvalue weighted by Gasteiger charge is 2.35. The van der Waals surface area contributed by atoms with Crippen molar-refractivity contribution < 1.29 is 22.4 Å². The van der Waals surface area contributed by atoms with Crippen molar-refractivity contribution in [1.29, 1.82) is 0 Å². The van der Waals surface area contributed by atoms with Gasteiger partial charge in [-0.3, -0.25) is 9.52 Å². The minimum Gasteiger partial charge on any atom is -0.497 e. The Morgan fingerprint density at radius 2 is 1.94 bits per heavy atom. The largest absolute Gasteiger partial charge is 0.497 e. The van der Waals surface area contributed by atoms with Crippen LogP contribution >= 0.6 is 0 Å². The Morgan fingerprint density at radius 1 is 1.16 bits per heavy atom. The average molecular weight is 439 g/mol. The molecular formula is C22H21N3O5S. The van der Waals surface area contributed by atoms with E-state index in [2.05, 4.69) is 9.82 Å². The van der Waals surface area contributed by atoms with Crippen molar-refractivity contribution in [3.8, 4) is 5.75 Å². The van der Waals surface area contributed by atoms with Crippen molar-refractivity contribution in [2.75, 3.05) is 18.1 Å². The summed E-state index contributed by atoms with van der Waals surface area (Å²) in [5.41, 5.74) is 2.27. The SMILES string of the molecule is COc1ccc(C(=O)N2N=C(c3cccc(NS(C)(=O)=O)c3)C[C@H]2c2ccco2)cc1. The summed E-state index contributed by atoms with van der Waals surface area (Å²) in [4.78, 5) is 13.2. The molecule has 0 unspecified atom stereocenters. The molecule has 9 heteroatoms. The molecule has 4 rings (SSSR count). The van der Waals surface area contributed by atoms with Gasteiger partial charge in [-0.15, -0.1) is 0 Å². The van der Waals surface area contributed by atoms with Gasteiger partial charge in [0.1, 0.15) is 17.6 Å². The Balaban J connectivity index is 1.68. The molecule has 8 nitrogen and oxygen atoms in total. The highest BCUT2D eigenvalue weighted by Crippen LogP contribution is 2.34. The van der Waals surface area contributed by atoms with Crippen molar-refractivity contribution in [2.45, 2.75) is 12.5 Å². The molecule has 1 atom stereocenters. The summed E-state index contributed by atoms with van der Waals surface area (Å²) in [5, 5.41) is 5.99. The fourth-order valence-electron chi connectivity index (χ4n) is 3.42. The molecule has 0 fully saturated rings. The van der Waals surface area contributed by atoms with Crippen LogP contribution in [0.5, 0.6) is 5.75 Å². The Kier molecular flexibility index (Phi) is 5.51. The first-order valence-corrected chi connectivity index (χ1v) is 11.4. The van der Waals surface area contributed by atoms with Crippen LogP contribution in [0.25, 0.3) is 0 Å². The first-order chi connectivity index (χ1) is 14.8. The van der Waals surface area contributed by atoms with Gasteiger partial charge in [0.2, 0.25) is 10.0 Å². The number of benzene rings is 2. The third-order valence-electron chi connectivity index (χ3n) is 4.83. The van der Waals surface area contributed by atoms with Crippen LogP contribution in [0.2, 0.25) is 0 Å². The lowest BCUT2D eigenvalue weighted by Gasteiger charge is -2.20. The maximum absolute atomic E-state index is 13.2. The van der Waals surface area contributed by atoms with E-state index < -0.39 is 16.1 Å². The van der Waals surface area contributed by atoms with Crippen molar-refractivity contribution in [1.82, 2.24) is 5.01 Å². The fourth-order valence-corrected chi connectivity index (χ4v) is 3.97. The van der Waals surface area contributed by atoms with E-state index in [4.69, 9.17) is 9.15 Å². The van der Waals surface area contributed by atoms with Gasteiger partial charge >= 0.3 is 0 Å². The predicted octanol–water partition coefficient (Wildman–Crippen LogP) is 3.65. The van der Waals surface area contributed by atoms with Crippen LogP contribution in [0.3, 0.4) is 0 Å². The number of carbonyl (C=O) groups is 1. The molecule has 0 saturated carbocycles. The van der Waals surface area contributed by atoms with Gasteiger partial charge in [-0.05, 0) is 54.1 Å². The number of nitrogens with zero attached hydrogens (tertiary/aromatic N) is 2. The van der Waals surface area contributed by atoms with E-state index in [1.165, 1.54) is 5.01 Å². The summed E-state index contributed by atoms with van der Waals surface area (Å²) >= 11 is 0. The number of anilines is 1. The van der Waals surface area contributed by atoms with Crippen LogP contribution in [0.15, 0.2) is 76.4 Å². The second-order valence-electron chi connectivity index (χ2n) is 7.12. The summed E-state index contributed by atoms with van der Waals surface area (Å²) in [6.07, 6.45) is 3.08. The van der Waals surface area contributed by atoms with Crippen molar-refractivity contribution in [3.63, 3.8) is 0 Å². The monoisotopic (exact) mass is 439 g/mol. The number of nitrogens with one attached hydrogen (secondary N) is 1. The molecule has 3 aromatic rings. The van der Waals surface area contributed by atoms with Crippen LogP contribution in [0.1, 0.15) is 34.1 Å². The average Bonchev–Trinajstić information content (AvgIpc) is 3.42. The van der Waals surface area contributed by atoms with E-state index in [-0.39, 0.29) is 5.91 Å². The summed E-state index contributed by atoms with van der Waals surface area (Å²) in [6.45, 7) is 0. The summed E-state index contributed by atoms with van der Waals surface area (Å²) < 4.78 is 36.3. The van der Waals surface area contributed by atoms with Crippen molar-refractivity contribution in [3.05, 3.63) is 83.8 Å². The van der Waals surface area contributed by atoms with E-state index in [1.54, 1.807) is 68.0 Å². The topological polar surface area (TPSA) is 101 Å².